The topological polar surface area (TPSA) is 58.6 Å². The third-order valence-electron chi connectivity index (χ3n) is 6.64. The molecule has 0 bridgehead atoms. The minimum absolute atomic E-state index is 0.0154. The normalized spacial score (nSPS) is 29.8. The van der Waals surface area contributed by atoms with Gasteiger partial charge in [0.05, 0.1) is 5.54 Å². The number of cyclic esters (lactones) is 1. The van der Waals surface area contributed by atoms with Crippen LogP contribution in [0.4, 0.5) is 4.79 Å². The lowest BCUT2D eigenvalue weighted by atomic mass is 9.67. The Hall–Kier alpha value is -1.75. The second kappa shape index (κ2) is 6.45. The number of piperidine rings is 1. The first kappa shape index (κ1) is 17.7. The predicted molar refractivity (Wildman–Crippen MR) is 99.2 cm³/mol. The molecule has 5 nitrogen and oxygen atoms in total. The van der Waals surface area contributed by atoms with E-state index in [1.165, 1.54) is 5.56 Å². The number of benzene rings is 1. The zero-order valence-corrected chi connectivity index (χ0v) is 15.8. The summed E-state index contributed by atoms with van der Waals surface area (Å²) in [6.45, 7) is 4.21. The molecule has 2 amide bonds. The highest BCUT2D eigenvalue weighted by Crippen LogP contribution is 2.43. The van der Waals surface area contributed by atoms with E-state index < -0.39 is 0 Å². The van der Waals surface area contributed by atoms with Crippen molar-refractivity contribution in [1.29, 1.82) is 0 Å². The van der Waals surface area contributed by atoms with Crippen molar-refractivity contribution in [3.8, 4) is 0 Å². The Bertz CT molecular complexity index is 704. The van der Waals surface area contributed by atoms with Crippen molar-refractivity contribution in [3.05, 3.63) is 34.9 Å². The van der Waals surface area contributed by atoms with E-state index >= 15 is 0 Å². The Morgan fingerprint density at radius 2 is 1.92 bits per heavy atom. The number of nitrogens with one attached hydrogen (secondary N) is 1. The Labute approximate surface area is 159 Å². The van der Waals surface area contributed by atoms with E-state index in [1.54, 1.807) is 0 Å². The third kappa shape index (κ3) is 2.96. The van der Waals surface area contributed by atoms with E-state index in [-0.39, 0.29) is 28.9 Å². The number of ether oxygens (including phenoxy) is 1. The van der Waals surface area contributed by atoms with Crippen molar-refractivity contribution in [1.82, 2.24) is 10.2 Å². The summed E-state index contributed by atoms with van der Waals surface area (Å²) in [4.78, 5) is 26.1. The van der Waals surface area contributed by atoms with Gasteiger partial charge in [0.25, 0.3) is 0 Å². The molecular formula is C20H25ClN2O3. The molecule has 2 aliphatic heterocycles. The summed E-state index contributed by atoms with van der Waals surface area (Å²) in [5, 5.41) is 3.62. The molecule has 1 aromatic rings. The summed E-state index contributed by atoms with van der Waals surface area (Å²) in [5.74, 6) is 0.249. The summed E-state index contributed by atoms with van der Waals surface area (Å²) in [5.41, 5.74) is 1.17. The molecular weight excluding hydrogens is 352 g/mol. The molecule has 2 saturated heterocycles. The maximum absolute atomic E-state index is 12.8. The SMILES string of the molecule is CCC1(c2ccc(Cl)cc2)CCN(C(=O)[C@H]2C[C@]3(COC(=O)N3)C2)CC1. The first-order chi connectivity index (χ1) is 12.5. The van der Waals surface area contributed by atoms with Gasteiger partial charge in [0.15, 0.2) is 0 Å². The zero-order chi connectivity index (χ0) is 18.4. The lowest BCUT2D eigenvalue weighted by Crippen LogP contribution is -2.59. The van der Waals surface area contributed by atoms with Crippen molar-refractivity contribution in [2.45, 2.75) is 50.0 Å². The van der Waals surface area contributed by atoms with Gasteiger partial charge in [-0.1, -0.05) is 30.7 Å². The fraction of sp³-hybridized carbons (Fsp3) is 0.600. The fourth-order valence-electron chi connectivity index (χ4n) is 4.83. The maximum Gasteiger partial charge on any atom is 0.407 e. The van der Waals surface area contributed by atoms with Gasteiger partial charge in [-0.2, -0.15) is 0 Å². The van der Waals surface area contributed by atoms with E-state index in [2.05, 4.69) is 24.4 Å². The molecule has 1 saturated carbocycles. The summed E-state index contributed by atoms with van der Waals surface area (Å²) in [6, 6.07) is 8.17. The molecule has 1 N–H and O–H groups in total. The van der Waals surface area contributed by atoms with E-state index in [4.69, 9.17) is 16.3 Å². The highest BCUT2D eigenvalue weighted by Gasteiger charge is 2.53. The number of rotatable bonds is 3. The van der Waals surface area contributed by atoms with Crippen molar-refractivity contribution >= 4 is 23.6 Å². The van der Waals surface area contributed by atoms with Gasteiger partial charge < -0.3 is 15.0 Å². The second-order valence-electron chi connectivity index (χ2n) is 8.05. The van der Waals surface area contributed by atoms with Crippen LogP contribution in [0.2, 0.25) is 5.02 Å². The molecule has 0 unspecified atom stereocenters. The van der Waals surface area contributed by atoms with Crippen molar-refractivity contribution in [2.24, 2.45) is 5.92 Å². The van der Waals surface area contributed by atoms with E-state index in [9.17, 15) is 9.59 Å². The van der Waals surface area contributed by atoms with Crippen LogP contribution in [0, 0.1) is 5.92 Å². The monoisotopic (exact) mass is 376 g/mol. The van der Waals surface area contributed by atoms with E-state index in [0.29, 0.717) is 19.4 Å². The van der Waals surface area contributed by atoms with Gasteiger partial charge in [-0.15, -0.1) is 0 Å². The summed E-state index contributed by atoms with van der Waals surface area (Å²) in [7, 11) is 0. The van der Waals surface area contributed by atoms with E-state index in [1.807, 2.05) is 17.0 Å². The molecule has 0 atom stereocenters. The van der Waals surface area contributed by atoms with E-state index in [0.717, 1.165) is 37.4 Å². The van der Waals surface area contributed by atoms with Crippen molar-refractivity contribution in [3.63, 3.8) is 0 Å². The fourth-order valence-corrected chi connectivity index (χ4v) is 4.96. The molecule has 3 fully saturated rings. The van der Waals surface area contributed by atoms with Crippen LogP contribution in [0.1, 0.15) is 44.6 Å². The Kier molecular flexibility index (Phi) is 4.38. The number of halogens is 1. The molecule has 0 aromatic heterocycles. The van der Waals surface area contributed by atoms with Gasteiger partial charge in [-0.25, -0.2) is 4.79 Å². The van der Waals surface area contributed by atoms with Crippen LogP contribution < -0.4 is 5.32 Å². The average molecular weight is 377 g/mol. The van der Waals surface area contributed by atoms with Crippen molar-refractivity contribution in [2.75, 3.05) is 19.7 Å². The highest BCUT2D eigenvalue weighted by molar-refractivity contribution is 6.30. The van der Waals surface area contributed by atoms with Crippen molar-refractivity contribution < 1.29 is 14.3 Å². The van der Waals surface area contributed by atoms with Gasteiger partial charge >= 0.3 is 6.09 Å². The quantitative estimate of drug-likeness (QED) is 0.878. The molecule has 4 rings (SSSR count). The minimum Gasteiger partial charge on any atom is -0.447 e. The van der Waals surface area contributed by atoms with Crippen LogP contribution >= 0.6 is 11.6 Å². The zero-order valence-electron chi connectivity index (χ0n) is 15.1. The van der Waals surface area contributed by atoms with Crippen LogP contribution in [0.3, 0.4) is 0 Å². The molecule has 3 aliphatic rings. The van der Waals surface area contributed by atoms with Crippen LogP contribution in [-0.2, 0) is 14.9 Å². The molecule has 1 aromatic carbocycles. The number of nitrogens with zero attached hydrogens (tertiary/aromatic N) is 1. The smallest absolute Gasteiger partial charge is 0.407 e. The van der Waals surface area contributed by atoms with Gasteiger partial charge in [-0.3, -0.25) is 4.79 Å². The number of amides is 2. The molecule has 2 heterocycles. The molecule has 1 aliphatic carbocycles. The van der Waals surface area contributed by atoms with Gasteiger partial charge in [0.1, 0.15) is 6.61 Å². The predicted octanol–water partition coefficient (Wildman–Crippen LogP) is 3.50. The standard InChI is InChI=1S/C20H25ClN2O3/c1-2-19(15-3-5-16(21)6-4-15)7-9-23(10-8-19)17(24)14-11-20(12-14)13-26-18(25)22-20/h3-6,14H,2,7-13H2,1H3,(H,22,25)/t14-,20+. The Morgan fingerprint density at radius 3 is 2.46 bits per heavy atom. The second-order valence-corrected chi connectivity index (χ2v) is 8.49. The van der Waals surface area contributed by atoms with Gasteiger partial charge in [0, 0.05) is 24.0 Å². The maximum atomic E-state index is 12.8. The molecule has 6 heteroatoms. The molecule has 1 spiro atoms. The van der Waals surface area contributed by atoms with Gasteiger partial charge in [0.2, 0.25) is 5.91 Å². The molecule has 0 radical (unpaired) electrons. The number of carbonyl (C=O) groups is 2. The number of hydrogen-bond donors (Lipinski definition) is 1. The first-order valence-electron chi connectivity index (χ1n) is 9.45. The van der Waals surface area contributed by atoms with Gasteiger partial charge in [-0.05, 0) is 55.2 Å². The summed E-state index contributed by atoms with van der Waals surface area (Å²) in [6.07, 6.45) is 4.06. The lowest BCUT2D eigenvalue weighted by Gasteiger charge is -2.47. The summed E-state index contributed by atoms with van der Waals surface area (Å²) >= 11 is 6.03. The number of hydrogen-bond acceptors (Lipinski definition) is 3. The number of carbonyl (C=O) groups excluding carboxylic acids is 2. The summed E-state index contributed by atoms with van der Waals surface area (Å²) < 4.78 is 5.00. The first-order valence-corrected chi connectivity index (χ1v) is 9.83. The molecule has 140 valence electrons. The largest absolute Gasteiger partial charge is 0.447 e. The Morgan fingerprint density at radius 1 is 1.27 bits per heavy atom. The average Bonchev–Trinajstić information content (AvgIpc) is 3.03. The van der Waals surface area contributed by atoms with Crippen LogP contribution in [0.5, 0.6) is 0 Å². The Balaban J connectivity index is 1.36. The lowest BCUT2D eigenvalue weighted by molar-refractivity contribution is -0.142. The molecule has 26 heavy (non-hydrogen) atoms. The highest BCUT2D eigenvalue weighted by atomic mass is 35.5. The minimum atomic E-state index is -0.357. The number of likely N-dealkylation sites (tertiary alicyclic amines) is 1. The van der Waals surface area contributed by atoms with Crippen LogP contribution in [-0.4, -0.2) is 42.1 Å². The van der Waals surface area contributed by atoms with Crippen LogP contribution in [0.15, 0.2) is 24.3 Å². The number of alkyl carbamates (subject to hydrolysis) is 1. The van der Waals surface area contributed by atoms with Crippen LogP contribution in [0.25, 0.3) is 0 Å². The third-order valence-corrected chi connectivity index (χ3v) is 6.89.